The number of dihydropyridines is 1. The molecule has 1 saturated carbocycles. The number of allylic oxidation sites excluding steroid dienone is 2. The molecule has 0 amide bonds. The molecule has 9 N–H and O–H groups in total. The summed E-state index contributed by atoms with van der Waals surface area (Å²) in [7, 11) is 1.98. The Balaban J connectivity index is 0.970. The van der Waals surface area contributed by atoms with E-state index in [1.807, 2.05) is 37.4 Å². The van der Waals surface area contributed by atoms with Crippen molar-refractivity contribution in [1.82, 2.24) is 26.3 Å². The third kappa shape index (κ3) is 11.8. The molecular formula is C47H63N7O8. The van der Waals surface area contributed by atoms with Crippen molar-refractivity contribution in [2.24, 2.45) is 16.6 Å². The number of esters is 1. The Kier molecular flexibility index (Phi) is 15.0. The van der Waals surface area contributed by atoms with E-state index < -0.39 is 12.2 Å². The molecule has 2 aromatic carbocycles. The number of hydrogen-bond acceptors (Lipinski definition) is 15. The zero-order chi connectivity index (χ0) is 43.5. The predicted octanol–water partition coefficient (Wildman–Crippen LogP) is 5.16. The van der Waals surface area contributed by atoms with E-state index in [0.29, 0.717) is 55.8 Å². The van der Waals surface area contributed by atoms with Gasteiger partial charge in [0, 0.05) is 82.6 Å². The molecule has 15 heteroatoms. The molecule has 0 unspecified atom stereocenters. The summed E-state index contributed by atoms with van der Waals surface area (Å²) in [6.45, 7) is 4.74. The summed E-state index contributed by atoms with van der Waals surface area (Å²) in [4.78, 5) is 21.1. The highest BCUT2D eigenvalue weighted by atomic mass is 16.6. The summed E-state index contributed by atoms with van der Waals surface area (Å²) in [5, 5.41) is 46.2. The van der Waals surface area contributed by atoms with Gasteiger partial charge in [-0.25, -0.2) is 0 Å². The van der Waals surface area contributed by atoms with Crippen LogP contribution in [0, 0.1) is 5.92 Å². The maximum absolute atomic E-state index is 12.1. The number of nitrogens with two attached hydrogens (primary N) is 1. The zero-order valence-corrected chi connectivity index (χ0v) is 35.9. The van der Waals surface area contributed by atoms with Crippen LogP contribution in [0.25, 0.3) is 0 Å². The summed E-state index contributed by atoms with van der Waals surface area (Å²) in [5.41, 5.74) is 9.55. The van der Waals surface area contributed by atoms with Gasteiger partial charge in [0.25, 0.3) is 0 Å². The summed E-state index contributed by atoms with van der Waals surface area (Å²) < 4.78 is 24.9. The molecule has 0 radical (unpaired) electrons. The van der Waals surface area contributed by atoms with Crippen LogP contribution in [-0.4, -0.2) is 95.9 Å². The van der Waals surface area contributed by atoms with Gasteiger partial charge in [-0.2, -0.15) is 0 Å². The van der Waals surface area contributed by atoms with Gasteiger partial charge in [0.05, 0.1) is 24.6 Å². The SMILES string of the molecule is CNC[C@H]1CN=C(NCCCC2=CCNC(N)=C2)N[C@]12CCC[C@H](Oc1cc(CC[C@H]3C[C@@H](OC(C)=O)C[C@@H](c4cc(O)c(O)c(OCCc5cccnc5)c4)O3)ccc1O)C2. The van der Waals surface area contributed by atoms with E-state index in [9.17, 15) is 20.1 Å². The molecule has 1 saturated heterocycles. The van der Waals surface area contributed by atoms with E-state index in [4.69, 9.17) is 29.7 Å². The molecule has 3 aromatic rings. The molecule has 4 heterocycles. The number of pyridine rings is 1. The van der Waals surface area contributed by atoms with Crippen LogP contribution in [0.3, 0.4) is 0 Å². The lowest BCUT2D eigenvalue weighted by Crippen LogP contribution is -2.65. The number of hydrogen-bond donors (Lipinski definition) is 8. The number of carbonyl (C=O) groups is 1. The quantitative estimate of drug-likeness (QED) is 0.0501. The monoisotopic (exact) mass is 853 g/mol. The van der Waals surface area contributed by atoms with Crippen molar-refractivity contribution in [3.8, 4) is 28.7 Å². The van der Waals surface area contributed by atoms with Gasteiger partial charge in [-0.1, -0.05) is 18.2 Å². The van der Waals surface area contributed by atoms with Gasteiger partial charge in [-0.3, -0.25) is 14.8 Å². The number of nitrogens with zero attached hydrogens (tertiary/aromatic N) is 2. The van der Waals surface area contributed by atoms with Crippen LogP contribution >= 0.6 is 0 Å². The van der Waals surface area contributed by atoms with E-state index in [1.54, 1.807) is 24.5 Å². The van der Waals surface area contributed by atoms with Gasteiger partial charge >= 0.3 is 5.97 Å². The van der Waals surface area contributed by atoms with Crippen molar-refractivity contribution in [2.45, 2.75) is 108 Å². The minimum Gasteiger partial charge on any atom is -0.504 e. The molecule has 0 bridgehead atoms. The molecule has 4 aliphatic rings. The number of carbonyl (C=O) groups excluding carboxylic acids is 1. The fraction of sp³-hybridized carbons (Fsp3) is 0.511. The number of rotatable bonds is 17. The number of phenolic OH excluding ortho intramolecular Hbond substituents is 3. The number of guanidine groups is 1. The van der Waals surface area contributed by atoms with Crippen LogP contribution in [-0.2, 0) is 27.1 Å². The molecule has 334 valence electrons. The molecule has 1 aliphatic carbocycles. The lowest BCUT2D eigenvalue weighted by atomic mass is 9.70. The Morgan fingerprint density at radius 3 is 2.74 bits per heavy atom. The van der Waals surface area contributed by atoms with Crippen LogP contribution in [0.15, 0.2) is 83.4 Å². The fourth-order valence-corrected chi connectivity index (χ4v) is 9.24. The largest absolute Gasteiger partial charge is 0.504 e. The highest BCUT2D eigenvalue weighted by molar-refractivity contribution is 5.81. The van der Waals surface area contributed by atoms with E-state index in [-0.39, 0.29) is 59.2 Å². The van der Waals surface area contributed by atoms with Crippen LogP contribution in [0.1, 0.15) is 87.5 Å². The van der Waals surface area contributed by atoms with Crippen LogP contribution in [0.2, 0.25) is 0 Å². The van der Waals surface area contributed by atoms with Gasteiger partial charge in [0.15, 0.2) is 29.0 Å². The number of aryl methyl sites for hydroxylation is 1. The fourth-order valence-electron chi connectivity index (χ4n) is 9.24. The molecule has 6 atom stereocenters. The smallest absolute Gasteiger partial charge is 0.302 e. The van der Waals surface area contributed by atoms with Gasteiger partial charge in [-0.15, -0.1) is 0 Å². The highest BCUT2D eigenvalue weighted by Crippen LogP contribution is 2.43. The average molecular weight is 854 g/mol. The zero-order valence-electron chi connectivity index (χ0n) is 35.9. The number of nitrogens with one attached hydrogen (secondary N) is 4. The average Bonchev–Trinajstić information content (AvgIpc) is 3.25. The lowest BCUT2D eigenvalue weighted by molar-refractivity contribution is -0.160. The first-order valence-electron chi connectivity index (χ1n) is 22.1. The second-order valence-electron chi connectivity index (χ2n) is 17.0. The maximum Gasteiger partial charge on any atom is 0.302 e. The standard InChI is InChI=1S/C47H63N7O8/c1-30(55)60-38-24-36(61-41(25-38)34-22-40(57)45(58)43(23-34)59-19-14-33-7-4-16-50-27-33)11-9-32-10-12-39(56)42(20-32)62-37-8-3-15-47(26-37)35(28-49-2)29-53-46(54-47)52-17-5-6-31-13-18-51-44(48)21-31/h4,7,10,12-13,16,20-23,27,35-38,41,49,51,56-58H,3,5-6,8-9,11,14-15,17-19,24-26,28-29,48H2,1-2H3,(H2,52,53,54)/t35-,36-,37-,38+,41-,47-/m0/s1. The third-order valence-electron chi connectivity index (χ3n) is 12.3. The Morgan fingerprint density at radius 1 is 1.05 bits per heavy atom. The minimum absolute atomic E-state index is 0.0932. The molecule has 3 aliphatic heterocycles. The minimum atomic E-state index is -0.530. The Hall–Kier alpha value is -5.67. The number of phenols is 3. The highest BCUT2D eigenvalue weighted by Gasteiger charge is 2.46. The number of aromatic nitrogens is 1. The predicted molar refractivity (Wildman–Crippen MR) is 236 cm³/mol. The molecule has 15 nitrogen and oxygen atoms in total. The van der Waals surface area contributed by atoms with Crippen molar-refractivity contribution < 1.29 is 39.1 Å². The van der Waals surface area contributed by atoms with Crippen LogP contribution in [0.5, 0.6) is 28.7 Å². The number of ether oxygens (including phenoxy) is 4. The van der Waals surface area contributed by atoms with Crippen molar-refractivity contribution in [3.05, 3.63) is 95.1 Å². The van der Waals surface area contributed by atoms with E-state index in [1.165, 1.54) is 18.6 Å². The van der Waals surface area contributed by atoms with E-state index in [0.717, 1.165) is 75.2 Å². The van der Waals surface area contributed by atoms with Crippen molar-refractivity contribution in [1.29, 1.82) is 0 Å². The van der Waals surface area contributed by atoms with Gasteiger partial charge in [0.1, 0.15) is 12.2 Å². The maximum atomic E-state index is 12.1. The first-order chi connectivity index (χ1) is 30.1. The van der Waals surface area contributed by atoms with Gasteiger partial charge < -0.3 is 61.3 Å². The van der Waals surface area contributed by atoms with Gasteiger partial charge in [-0.05, 0) is 111 Å². The van der Waals surface area contributed by atoms with Crippen molar-refractivity contribution >= 4 is 11.9 Å². The van der Waals surface area contributed by atoms with E-state index in [2.05, 4.69) is 32.3 Å². The van der Waals surface area contributed by atoms with E-state index >= 15 is 0 Å². The number of aromatic hydroxyl groups is 3. The Morgan fingerprint density at radius 2 is 1.94 bits per heavy atom. The molecule has 62 heavy (non-hydrogen) atoms. The Bertz CT molecular complexity index is 2080. The normalized spacial score (nSPS) is 24.7. The molecular weight excluding hydrogens is 791 g/mol. The van der Waals surface area contributed by atoms with Crippen LogP contribution in [0.4, 0.5) is 0 Å². The van der Waals surface area contributed by atoms with Crippen LogP contribution < -0.4 is 36.5 Å². The summed E-state index contributed by atoms with van der Waals surface area (Å²) in [5.74, 6) is 1.45. The molecule has 7 rings (SSSR count). The summed E-state index contributed by atoms with van der Waals surface area (Å²) in [6.07, 6.45) is 14.5. The molecule has 1 aromatic heterocycles. The first-order valence-corrected chi connectivity index (χ1v) is 22.1. The summed E-state index contributed by atoms with van der Waals surface area (Å²) >= 11 is 0. The second-order valence-corrected chi connectivity index (χ2v) is 17.0. The second kappa shape index (κ2) is 20.9. The third-order valence-corrected chi connectivity index (χ3v) is 12.3. The Labute approximate surface area is 364 Å². The van der Waals surface area contributed by atoms with Crippen molar-refractivity contribution in [2.75, 3.05) is 39.8 Å². The lowest BCUT2D eigenvalue weighted by Gasteiger charge is -2.49. The topological polar surface area (TPSA) is 214 Å². The van der Waals surface area contributed by atoms with Gasteiger partial charge in [0.2, 0.25) is 5.75 Å². The molecule has 1 spiro atoms. The number of aliphatic imine (C=N–C) groups is 1. The van der Waals surface area contributed by atoms with Crippen molar-refractivity contribution in [3.63, 3.8) is 0 Å². The first kappa shape index (κ1) is 44.4. The summed E-state index contributed by atoms with van der Waals surface area (Å²) in [6, 6.07) is 12.4. The molecule has 2 fully saturated rings. The number of benzene rings is 2.